The number of anilines is 1. The highest BCUT2D eigenvalue weighted by Crippen LogP contribution is 2.14. The van der Waals surface area contributed by atoms with Crippen LogP contribution in [0.4, 0.5) is 11.6 Å². The lowest BCUT2D eigenvalue weighted by molar-refractivity contribution is -0.391. The van der Waals surface area contributed by atoms with E-state index in [0.29, 0.717) is 11.5 Å². The van der Waals surface area contributed by atoms with Gasteiger partial charge in [0.1, 0.15) is 6.20 Å². The molecule has 0 spiro atoms. The van der Waals surface area contributed by atoms with E-state index in [1.54, 1.807) is 12.1 Å². The molecule has 0 aliphatic carbocycles. The van der Waals surface area contributed by atoms with Crippen molar-refractivity contribution in [1.82, 2.24) is 14.6 Å². The standard InChI is InChI=1S/C12H13N5O2/c1-2-3-4-5-8-13-10-6-7-11-14-9-12(17(18)19)16(11)15-10/h1,6-7,9H,3-5,8H2,(H,13,15). The summed E-state index contributed by atoms with van der Waals surface area (Å²) in [6.07, 6.45) is 8.97. The van der Waals surface area contributed by atoms with Crippen LogP contribution in [-0.4, -0.2) is 26.1 Å². The van der Waals surface area contributed by atoms with Crippen LogP contribution in [0.1, 0.15) is 19.3 Å². The first-order chi connectivity index (χ1) is 9.22. The number of unbranched alkanes of at least 4 members (excludes halogenated alkanes) is 2. The summed E-state index contributed by atoms with van der Waals surface area (Å²) in [7, 11) is 0. The molecule has 0 bridgehead atoms. The number of nitrogens with one attached hydrogen (secondary N) is 1. The van der Waals surface area contributed by atoms with Crippen LogP contribution in [0.25, 0.3) is 5.65 Å². The summed E-state index contributed by atoms with van der Waals surface area (Å²) >= 11 is 0. The van der Waals surface area contributed by atoms with E-state index < -0.39 is 4.92 Å². The monoisotopic (exact) mass is 259 g/mol. The number of rotatable bonds is 6. The van der Waals surface area contributed by atoms with E-state index in [2.05, 4.69) is 21.3 Å². The normalized spacial score (nSPS) is 10.3. The fourth-order valence-corrected chi connectivity index (χ4v) is 1.65. The fraction of sp³-hybridized carbons (Fsp3) is 0.333. The van der Waals surface area contributed by atoms with Gasteiger partial charge in [-0.2, -0.15) is 0 Å². The maximum absolute atomic E-state index is 10.8. The first-order valence-electron chi connectivity index (χ1n) is 5.89. The van der Waals surface area contributed by atoms with Crippen molar-refractivity contribution in [2.75, 3.05) is 11.9 Å². The maximum atomic E-state index is 10.8. The molecule has 2 rings (SSSR count). The first-order valence-corrected chi connectivity index (χ1v) is 5.89. The highest BCUT2D eigenvalue weighted by molar-refractivity contribution is 5.48. The Balaban J connectivity index is 2.06. The van der Waals surface area contributed by atoms with Crippen molar-refractivity contribution in [1.29, 1.82) is 0 Å². The Hall–Kier alpha value is -2.62. The summed E-state index contributed by atoms with van der Waals surface area (Å²) < 4.78 is 1.21. The van der Waals surface area contributed by atoms with Gasteiger partial charge in [-0.05, 0) is 23.8 Å². The van der Waals surface area contributed by atoms with Gasteiger partial charge in [-0.3, -0.25) is 0 Å². The largest absolute Gasteiger partial charge is 0.368 e. The van der Waals surface area contributed by atoms with Crippen LogP contribution in [0, 0.1) is 22.5 Å². The zero-order valence-electron chi connectivity index (χ0n) is 10.2. The molecule has 0 radical (unpaired) electrons. The summed E-state index contributed by atoms with van der Waals surface area (Å²) in [5.74, 6) is 3.01. The number of aromatic nitrogens is 3. The van der Waals surface area contributed by atoms with Gasteiger partial charge in [-0.15, -0.1) is 12.3 Å². The molecule has 19 heavy (non-hydrogen) atoms. The maximum Gasteiger partial charge on any atom is 0.368 e. The number of imidazole rings is 1. The molecule has 0 saturated heterocycles. The molecule has 2 aromatic rings. The van der Waals surface area contributed by atoms with E-state index in [1.165, 1.54) is 10.7 Å². The van der Waals surface area contributed by atoms with Crippen LogP contribution in [0.3, 0.4) is 0 Å². The van der Waals surface area contributed by atoms with Crippen LogP contribution in [0.2, 0.25) is 0 Å². The molecule has 0 atom stereocenters. The van der Waals surface area contributed by atoms with Gasteiger partial charge >= 0.3 is 5.82 Å². The quantitative estimate of drug-likeness (QED) is 0.370. The Bertz CT molecular complexity index is 629. The minimum atomic E-state index is -0.510. The number of nitro groups is 1. The van der Waals surface area contributed by atoms with Crippen molar-refractivity contribution in [2.45, 2.75) is 19.3 Å². The molecule has 7 nitrogen and oxygen atoms in total. The zero-order chi connectivity index (χ0) is 13.7. The number of hydrogen-bond donors (Lipinski definition) is 1. The van der Waals surface area contributed by atoms with Gasteiger partial charge in [-0.25, -0.2) is 4.98 Å². The molecule has 2 aromatic heterocycles. The molecule has 0 aromatic carbocycles. The van der Waals surface area contributed by atoms with E-state index in [9.17, 15) is 10.1 Å². The van der Waals surface area contributed by atoms with Crippen LogP contribution < -0.4 is 5.32 Å². The van der Waals surface area contributed by atoms with Crippen molar-refractivity contribution in [2.24, 2.45) is 0 Å². The summed E-state index contributed by atoms with van der Waals surface area (Å²) in [4.78, 5) is 14.2. The smallest absolute Gasteiger partial charge is 0.367 e. The van der Waals surface area contributed by atoms with Crippen LogP contribution in [0.5, 0.6) is 0 Å². The molecule has 2 heterocycles. The second kappa shape index (κ2) is 5.82. The highest BCUT2D eigenvalue weighted by atomic mass is 16.6. The molecule has 7 heteroatoms. The Morgan fingerprint density at radius 2 is 2.32 bits per heavy atom. The van der Waals surface area contributed by atoms with E-state index in [1.807, 2.05) is 0 Å². The zero-order valence-corrected chi connectivity index (χ0v) is 10.2. The van der Waals surface area contributed by atoms with Crippen molar-refractivity contribution < 1.29 is 4.92 Å². The Kier molecular flexibility index (Phi) is 3.93. The lowest BCUT2D eigenvalue weighted by atomic mass is 10.2. The average molecular weight is 259 g/mol. The molecule has 0 aliphatic rings. The summed E-state index contributed by atoms with van der Waals surface area (Å²) in [6.45, 7) is 0.725. The van der Waals surface area contributed by atoms with Gasteiger partial charge in [0.2, 0.25) is 5.65 Å². The molecule has 98 valence electrons. The predicted octanol–water partition coefficient (Wildman–Crippen LogP) is 1.85. The molecule has 1 N–H and O–H groups in total. The first kappa shape index (κ1) is 12.8. The number of terminal acetylenes is 1. The van der Waals surface area contributed by atoms with Crippen molar-refractivity contribution in [3.05, 3.63) is 28.4 Å². The average Bonchev–Trinajstić information content (AvgIpc) is 2.81. The minimum absolute atomic E-state index is 0.147. The predicted molar refractivity (Wildman–Crippen MR) is 70.8 cm³/mol. The summed E-state index contributed by atoms with van der Waals surface area (Å²) in [5.41, 5.74) is 0.449. The third kappa shape index (κ3) is 2.98. The second-order valence-corrected chi connectivity index (χ2v) is 3.95. The third-order valence-corrected chi connectivity index (χ3v) is 2.59. The minimum Gasteiger partial charge on any atom is -0.367 e. The van der Waals surface area contributed by atoms with E-state index in [4.69, 9.17) is 6.42 Å². The van der Waals surface area contributed by atoms with E-state index in [-0.39, 0.29) is 5.82 Å². The summed E-state index contributed by atoms with van der Waals surface area (Å²) in [5, 5.41) is 18.0. The third-order valence-electron chi connectivity index (χ3n) is 2.59. The molecule has 0 saturated carbocycles. The van der Waals surface area contributed by atoms with Gasteiger partial charge in [0.15, 0.2) is 5.82 Å². The van der Waals surface area contributed by atoms with Gasteiger partial charge in [0.25, 0.3) is 0 Å². The topological polar surface area (TPSA) is 85.4 Å². The molecule has 0 amide bonds. The van der Waals surface area contributed by atoms with Gasteiger partial charge in [-0.1, -0.05) is 9.61 Å². The number of nitrogens with zero attached hydrogens (tertiary/aromatic N) is 4. The molecule has 0 aliphatic heterocycles. The van der Waals surface area contributed by atoms with Gasteiger partial charge < -0.3 is 15.4 Å². The highest BCUT2D eigenvalue weighted by Gasteiger charge is 2.15. The van der Waals surface area contributed by atoms with Crippen LogP contribution >= 0.6 is 0 Å². The van der Waals surface area contributed by atoms with E-state index >= 15 is 0 Å². The SMILES string of the molecule is C#CCCCCNc1ccc2ncc([N+](=O)[O-])n2n1. The van der Waals surface area contributed by atoms with Gasteiger partial charge in [0, 0.05) is 19.0 Å². The van der Waals surface area contributed by atoms with Crippen molar-refractivity contribution in [3.8, 4) is 12.3 Å². The van der Waals surface area contributed by atoms with Crippen LogP contribution in [0.15, 0.2) is 18.3 Å². The fourth-order valence-electron chi connectivity index (χ4n) is 1.65. The Morgan fingerprint density at radius 3 is 3.05 bits per heavy atom. The second-order valence-electron chi connectivity index (χ2n) is 3.95. The van der Waals surface area contributed by atoms with Crippen molar-refractivity contribution in [3.63, 3.8) is 0 Å². The van der Waals surface area contributed by atoms with E-state index in [0.717, 1.165) is 25.8 Å². The Labute approximate surface area is 109 Å². The van der Waals surface area contributed by atoms with Crippen LogP contribution in [-0.2, 0) is 0 Å². The molecule has 0 unspecified atom stereocenters. The van der Waals surface area contributed by atoms with Crippen molar-refractivity contribution >= 4 is 17.3 Å². The lowest BCUT2D eigenvalue weighted by Gasteiger charge is -2.02. The lowest BCUT2D eigenvalue weighted by Crippen LogP contribution is -2.06. The molecule has 0 fully saturated rings. The Morgan fingerprint density at radius 1 is 1.47 bits per heavy atom. The molecular weight excluding hydrogens is 246 g/mol. The number of fused-ring (bicyclic) bond motifs is 1. The molecular formula is C12H13N5O2. The van der Waals surface area contributed by atoms with Gasteiger partial charge in [0.05, 0.1) is 0 Å². The summed E-state index contributed by atoms with van der Waals surface area (Å²) in [6, 6.07) is 3.43. The number of hydrogen-bond acceptors (Lipinski definition) is 5.